The van der Waals surface area contributed by atoms with Crippen molar-refractivity contribution in [2.45, 2.75) is 24.3 Å². The van der Waals surface area contributed by atoms with E-state index in [-0.39, 0.29) is 16.9 Å². The van der Waals surface area contributed by atoms with Crippen LogP contribution in [0.4, 0.5) is 0 Å². The van der Waals surface area contributed by atoms with E-state index in [1.165, 1.54) is 25.1 Å². The molecule has 1 aromatic rings. The smallest absolute Gasteiger partial charge is 0.321 e. The average Bonchev–Trinajstić information content (AvgIpc) is 2.38. The third-order valence-corrected chi connectivity index (χ3v) is 4.23. The maximum absolute atomic E-state index is 12.1. The Morgan fingerprint density at radius 3 is 2.65 bits per heavy atom. The number of carbonyl (C=O) groups is 1. The first-order valence-electron chi connectivity index (χ1n) is 5.68. The fourth-order valence-electron chi connectivity index (χ4n) is 1.57. The molecule has 0 spiro atoms. The van der Waals surface area contributed by atoms with E-state index < -0.39 is 28.6 Å². The molecule has 0 aliphatic rings. The molecule has 1 rings (SSSR count). The molecular weight excluding hydrogens is 284 g/mol. The monoisotopic (exact) mass is 298 g/mol. The van der Waals surface area contributed by atoms with Crippen LogP contribution in [0.15, 0.2) is 23.1 Å². The molecule has 0 heterocycles. The number of aliphatic carboxylic acids is 1. The number of hydrogen-bond donors (Lipinski definition) is 3. The van der Waals surface area contributed by atoms with Gasteiger partial charge in [-0.1, -0.05) is 6.07 Å². The molecule has 0 fully saturated rings. The summed E-state index contributed by atoms with van der Waals surface area (Å²) in [5, 5.41) is 26.4. The van der Waals surface area contributed by atoms with Crippen LogP contribution in [-0.4, -0.2) is 37.2 Å². The van der Waals surface area contributed by atoms with Crippen LogP contribution in [0.5, 0.6) is 0 Å². The molecule has 0 amide bonds. The van der Waals surface area contributed by atoms with E-state index in [0.717, 1.165) is 0 Å². The van der Waals surface area contributed by atoms with Gasteiger partial charge in [-0.2, -0.15) is 9.98 Å². The number of nitrogens with one attached hydrogen (secondary N) is 1. The summed E-state index contributed by atoms with van der Waals surface area (Å²) in [6.07, 6.45) is -0.244. The van der Waals surface area contributed by atoms with Crippen molar-refractivity contribution >= 4 is 16.0 Å². The number of hydrogen-bond acceptors (Lipinski definition) is 5. The minimum Gasteiger partial charge on any atom is -0.480 e. The van der Waals surface area contributed by atoms with Gasteiger partial charge in [-0.15, -0.1) is 0 Å². The first kappa shape index (κ1) is 16.1. The molecule has 0 unspecified atom stereocenters. The first-order valence-corrected chi connectivity index (χ1v) is 7.17. The molecule has 0 aliphatic heterocycles. The fraction of sp³-hybridized carbons (Fsp3) is 0.333. The van der Waals surface area contributed by atoms with E-state index in [1.807, 2.05) is 10.8 Å². The summed E-state index contributed by atoms with van der Waals surface area (Å²) < 4.78 is 26.3. The molecular formula is C12H14N2O5S. The van der Waals surface area contributed by atoms with Gasteiger partial charge in [0.15, 0.2) is 0 Å². The van der Waals surface area contributed by atoms with Crippen LogP contribution in [0, 0.1) is 18.3 Å². The number of aliphatic hydroxyl groups is 1. The van der Waals surface area contributed by atoms with Gasteiger partial charge >= 0.3 is 5.97 Å². The molecule has 3 N–H and O–H groups in total. The number of carboxylic acids is 1. The third-order valence-electron chi connectivity index (χ3n) is 2.62. The summed E-state index contributed by atoms with van der Waals surface area (Å²) in [7, 11) is -4.08. The number of aryl methyl sites for hydroxylation is 1. The molecule has 0 radical (unpaired) electrons. The van der Waals surface area contributed by atoms with Gasteiger partial charge < -0.3 is 10.2 Å². The lowest BCUT2D eigenvalue weighted by molar-refractivity contribution is -0.139. The van der Waals surface area contributed by atoms with E-state index in [1.54, 1.807) is 0 Å². The molecule has 108 valence electrons. The van der Waals surface area contributed by atoms with E-state index >= 15 is 0 Å². The number of benzene rings is 1. The standard InChI is InChI=1S/C12H14N2O5S/c1-8-2-3-9(7-13)6-11(8)20(18,19)14-10(4-5-15)12(16)17/h2-3,6,10,14-15H,4-5H2,1H3,(H,16,17)/t10-/m1/s1. The Bertz CT molecular complexity index is 648. The zero-order chi connectivity index (χ0) is 15.3. The minimum absolute atomic E-state index is 0.152. The highest BCUT2D eigenvalue weighted by molar-refractivity contribution is 7.89. The quantitative estimate of drug-likeness (QED) is 0.677. The fourth-order valence-corrected chi connectivity index (χ4v) is 3.07. The molecule has 8 heteroatoms. The Labute approximate surface area is 116 Å². The Morgan fingerprint density at radius 2 is 2.15 bits per heavy atom. The Kier molecular flexibility index (Phi) is 5.21. The lowest BCUT2D eigenvalue weighted by Crippen LogP contribution is -2.41. The maximum Gasteiger partial charge on any atom is 0.321 e. The average molecular weight is 298 g/mol. The lowest BCUT2D eigenvalue weighted by Gasteiger charge is -2.15. The Balaban J connectivity index is 3.17. The predicted octanol–water partition coefficient (Wildman–Crippen LogP) is -0.0194. The number of rotatable bonds is 6. The van der Waals surface area contributed by atoms with Gasteiger partial charge in [0.2, 0.25) is 10.0 Å². The number of carboxylic acid groups (broad SMARTS) is 1. The van der Waals surface area contributed by atoms with Crippen LogP contribution in [0.2, 0.25) is 0 Å². The molecule has 0 aliphatic carbocycles. The second kappa shape index (κ2) is 6.47. The van der Waals surface area contributed by atoms with Crippen LogP contribution in [0.25, 0.3) is 0 Å². The first-order chi connectivity index (χ1) is 9.31. The second-order valence-electron chi connectivity index (χ2n) is 4.12. The second-order valence-corrected chi connectivity index (χ2v) is 5.80. The van der Waals surface area contributed by atoms with Crippen molar-refractivity contribution in [1.29, 1.82) is 5.26 Å². The predicted molar refractivity (Wildman–Crippen MR) is 69.3 cm³/mol. The van der Waals surface area contributed by atoms with Gasteiger partial charge in [0.05, 0.1) is 16.5 Å². The number of nitrogens with zero attached hydrogens (tertiary/aromatic N) is 1. The van der Waals surface area contributed by atoms with Crippen molar-refractivity contribution in [2.24, 2.45) is 0 Å². The maximum atomic E-state index is 12.1. The number of aliphatic hydroxyl groups excluding tert-OH is 1. The van der Waals surface area contributed by atoms with Crippen molar-refractivity contribution in [3.05, 3.63) is 29.3 Å². The zero-order valence-corrected chi connectivity index (χ0v) is 11.5. The highest BCUT2D eigenvalue weighted by Crippen LogP contribution is 2.17. The largest absolute Gasteiger partial charge is 0.480 e. The lowest BCUT2D eigenvalue weighted by atomic mass is 10.2. The van der Waals surface area contributed by atoms with E-state index in [9.17, 15) is 13.2 Å². The summed E-state index contributed by atoms with van der Waals surface area (Å²) in [5.41, 5.74) is 0.551. The molecule has 1 atom stereocenters. The topological polar surface area (TPSA) is 127 Å². The number of nitriles is 1. The number of sulfonamides is 1. The van der Waals surface area contributed by atoms with Crippen LogP contribution < -0.4 is 4.72 Å². The normalized spacial score (nSPS) is 12.7. The molecule has 7 nitrogen and oxygen atoms in total. The van der Waals surface area contributed by atoms with Gasteiger partial charge in [0, 0.05) is 6.61 Å². The summed E-state index contributed by atoms with van der Waals surface area (Å²) in [5.74, 6) is -1.38. The molecule has 20 heavy (non-hydrogen) atoms. The van der Waals surface area contributed by atoms with E-state index in [4.69, 9.17) is 15.5 Å². The van der Waals surface area contributed by atoms with Crippen LogP contribution in [-0.2, 0) is 14.8 Å². The van der Waals surface area contributed by atoms with Gasteiger partial charge in [-0.25, -0.2) is 8.42 Å². The van der Waals surface area contributed by atoms with Crippen molar-refractivity contribution in [3.8, 4) is 6.07 Å². The van der Waals surface area contributed by atoms with Crippen molar-refractivity contribution < 1.29 is 23.4 Å². The Hall–Kier alpha value is -1.95. The van der Waals surface area contributed by atoms with Crippen LogP contribution in [0.3, 0.4) is 0 Å². The highest BCUT2D eigenvalue weighted by Gasteiger charge is 2.26. The van der Waals surface area contributed by atoms with Gasteiger partial charge in [-0.3, -0.25) is 4.79 Å². The van der Waals surface area contributed by atoms with Crippen molar-refractivity contribution in [1.82, 2.24) is 4.72 Å². The Morgan fingerprint density at radius 1 is 1.50 bits per heavy atom. The molecule has 0 aromatic heterocycles. The SMILES string of the molecule is Cc1ccc(C#N)cc1S(=O)(=O)N[C@H](CCO)C(=O)O. The molecule has 1 aromatic carbocycles. The van der Waals surface area contributed by atoms with Crippen LogP contribution in [0.1, 0.15) is 17.5 Å². The van der Waals surface area contributed by atoms with Crippen LogP contribution >= 0.6 is 0 Å². The summed E-state index contributed by atoms with van der Waals surface area (Å²) >= 11 is 0. The van der Waals surface area contributed by atoms with E-state index in [0.29, 0.717) is 5.56 Å². The molecule has 0 saturated carbocycles. The summed E-state index contributed by atoms with van der Waals surface area (Å²) in [6, 6.07) is 4.51. The molecule has 0 saturated heterocycles. The van der Waals surface area contributed by atoms with Crippen molar-refractivity contribution in [2.75, 3.05) is 6.61 Å². The summed E-state index contributed by atoms with van der Waals surface area (Å²) in [4.78, 5) is 10.8. The van der Waals surface area contributed by atoms with Crippen molar-refractivity contribution in [3.63, 3.8) is 0 Å². The summed E-state index contributed by atoms with van der Waals surface area (Å²) in [6.45, 7) is 1.08. The van der Waals surface area contributed by atoms with E-state index in [2.05, 4.69) is 0 Å². The van der Waals surface area contributed by atoms with Gasteiger partial charge in [-0.05, 0) is 31.0 Å². The van der Waals surface area contributed by atoms with Gasteiger partial charge in [0.1, 0.15) is 6.04 Å². The zero-order valence-electron chi connectivity index (χ0n) is 10.7. The molecule has 0 bridgehead atoms. The van der Waals surface area contributed by atoms with Gasteiger partial charge in [0.25, 0.3) is 0 Å². The minimum atomic E-state index is -4.08. The third kappa shape index (κ3) is 3.77. The highest BCUT2D eigenvalue weighted by atomic mass is 32.2.